The van der Waals surface area contributed by atoms with Crippen molar-refractivity contribution in [2.45, 2.75) is 52.6 Å². The minimum absolute atomic E-state index is 0.714. The van der Waals surface area contributed by atoms with Crippen LogP contribution in [-0.4, -0.2) is 36.6 Å². The summed E-state index contributed by atoms with van der Waals surface area (Å²) >= 11 is 0. The zero-order valence-corrected chi connectivity index (χ0v) is 10.2. The van der Waals surface area contributed by atoms with Crippen LogP contribution in [0.5, 0.6) is 0 Å². The number of nitrogens with one attached hydrogen (secondary N) is 1. The first-order chi connectivity index (χ1) is 6.61. The predicted molar refractivity (Wildman–Crippen MR) is 62.6 cm³/mol. The van der Waals surface area contributed by atoms with Gasteiger partial charge in [-0.2, -0.15) is 0 Å². The van der Waals surface area contributed by atoms with Gasteiger partial charge in [-0.05, 0) is 32.6 Å². The molecule has 2 nitrogen and oxygen atoms in total. The first-order valence-corrected chi connectivity index (χ1v) is 6.07. The fraction of sp³-hybridized carbons (Fsp3) is 1.00. The number of piperazine rings is 1. The Kier molecular flexibility index (Phi) is 4.90. The molecule has 2 unspecified atom stereocenters. The molecule has 1 heterocycles. The molecule has 0 aliphatic carbocycles. The van der Waals surface area contributed by atoms with Crippen LogP contribution in [-0.2, 0) is 0 Å². The van der Waals surface area contributed by atoms with E-state index in [1.807, 2.05) is 0 Å². The Morgan fingerprint density at radius 1 is 1.29 bits per heavy atom. The summed E-state index contributed by atoms with van der Waals surface area (Å²) in [5.74, 6) is 0.843. The molecule has 2 heteroatoms. The molecule has 0 saturated carbocycles. The summed E-state index contributed by atoms with van der Waals surface area (Å²) < 4.78 is 0. The first-order valence-electron chi connectivity index (χ1n) is 6.07. The van der Waals surface area contributed by atoms with Gasteiger partial charge in [0, 0.05) is 31.7 Å². The minimum atomic E-state index is 0.714. The minimum Gasteiger partial charge on any atom is -0.314 e. The van der Waals surface area contributed by atoms with E-state index in [0.29, 0.717) is 6.04 Å². The summed E-state index contributed by atoms with van der Waals surface area (Å²) in [5.41, 5.74) is 0. The molecule has 1 aliphatic heterocycles. The largest absolute Gasteiger partial charge is 0.314 e. The van der Waals surface area contributed by atoms with Gasteiger partial charge < -0.3 is 5.32 Å². The van der Waals surface area contributed by atoms with E-state index in [1.54, 1.807) is 0 Å². The van der Waals surface area contributed by atoms with Crippen LogP contribution in [0.25, 0.3) is 0 Å². The van der Waals surface area contributed by atoms with Gasteiger partial charge in [0.05, 0.1) is 0 Å². The zero-order chi connectivity index (χ0) is 10.6. The quantitative estimate of drug-likeness (QED) is 0.744. The Labute approximate surface area is 89.1 Å². The molecule has 84 valence electrons. The van der Waals surface area contributed by atoms with E-state index in [-0.39, 0.29) is 0 Å². The van der Waals surface area contributed by atoms with Crippen LogP contribution in [0, 0.1) is 5.92 Å². The van der Waals surface area contributed by atoms with Gasteiger partial charge >= 0.3 is 0 Å². The maximum Gasteiger partial charge on any atom is 0.0195 e. The van der Waals surface area contributed by atoms with Gasteiger partial charge in [0.2, 0.25) is 0 Å². The molecule has 0 aromatic rings. The van der Waals surface area contributed by atoms with Crippen LogP contribution in [0.15, 0.2) is 0 Å². The van der Waals surface area contributed by atoms with E-state index in [9.17, 15) is 0 Å². The van der Waals surface area contributed by atoms with Crippen molar-refractivity contribution in [1.82, 2.24) is 10.2 Å². The summed E-state index contributed by atoms with van der Waals surface area (Å²) in [5, 5.41) is 3.44. The Balaban J connectivity index is 2.30. The highest BCUT2D eigenvalue weighted by molar-refractivity contribution is 4.80. The molecular weight excluding hydrogens is 172 g/mol. The van der Waals surface area contributed by atoms with Crippen molar-refractivity contribution in [3.63, 3.8) is 0 Å². The van der Waals surface area contributed by atoms with E-state index < -0.39 is 0 Å². The third-order valence-electron chi connectivity index (χ3n) is 3.28. The number of rotatable bonds is 4. The van der Waals surface area contributed by atoms with Gasteiger partial charge in [0.1, 0.15) is 0 Å². The molecule has 14 heavy (non-hydrogen) atoms. The van der Waals surface area contributed by atoms with Crippen LogP contribution in [0.1, 0.15) is 40.5 Å². The van der Waals surface area contributed by atoms with Crippen LogP contribution >= 0.6 is 0 Å². The highest BCUT2D eigenvalue weighted by Gasteiger charge is 2.22. The van der Waals surface area contributed by atoms with Crippen LogP contribution in [0.2, 0.25) is 0 Å². The topological polar surface area (TPSA) is 15.3 Å². The summed E-state index contributed by atoms with van der Waals surface area (Å²) in [6.45, 7) is 12.9. The normalized spacial score (nSPS) is 26.8. The second-order valence-electron chi connectivity index (χ2n) is 5.11. The number of hydrogen-bond acceptors (Lipinski definition) is 2. The summed E-state index contributed by atoms with van der Waals surface area (Å²) in [4.78, 5) is 2.65. The molecule has 1 rings (SSSR count). The van der Waals surface area contributed by atoms with Crippen molar-refractivity contribution < 1.29 is 0 Å². The summed E-state index contributed by atoms with van der Waals surface area (Å²) in [6, 6.07) is 1.47. The van der Waals surface area contributed by atoms with E-state index >= 15 is 0 Å². The molecule has 0 amide bonds. The third kappa shape index (κ3) is 3.58. The second-order valence-corrected chi connectivity index (χ2v) is 5.11. The summed E-state index contributed by atoms with van der Waals surface area (Å²) in [7, 11) is 0. The van der Waals surface area contributed by atoms with E-state index in [1.165, 1.54) is 19.4 Å². The van der Waals surface area contributed by atoms with Crippen molar-refractivity contribution in [3.8, 4) is 0 Å². The van der Waals surface area contributed by atoms with Gasteiger partial charge in [-0.3, -0.25) is 4.90 Å². The van der Waals surface area contributed by atoms with Crippen molar-refractivity contribution in [2.75, 3.05) is 19.6 Å². The van der Waals surface area contributed by atoms with Gasteiger partial charge in [0.15, 0.2) is 0 Å². The standard InChI is InChI=1S/C12H26N2/c1-10(2)5-6-11(3)14-8-7-13-9-12(14)4/h10-13H,5-9H2,1-4H3. The lowest BCUT2D eigenvalue weighted by molar-refractivity contribution is 0.116. The average molecular weight is 198 g/mol. The second kappa shape index (κ2) is 5.72. The predicted octanol–water partition coefficient (Wildman–Crippen LogP) is 2.10. The van der Waals surface area contributed by atoms with E-state index in [2.05, 4.69) is 37.9 Å². The molecule has 0 bridgehead atoms. The molecule has 0 spiro atoms. The molecule has 1 fully saturated rings. The highest BCUT2D eigenvalue weighted by Crippen LogP contribution is 2.15. The Morgan fingerprint density at radius 2 is 2.00 bits per heavy atom. The first kappa shape index (κ1) is 12.0. The smallest absolute Gasteiger partial charge is 0.0195 e. The van der Waals surface area contributed by atoms with Gasteiger partial charge in [-0.15, -0.1) is 0 Å². The van der Waals surface area contributed by atoms with Crippen molar-refractivity contribution in [1.29, 1.82) is 0 Å². The molecule has 1 N–H and O–H groups in total. The lowest BCUT2D eigenvalue weighted by atomic mass is 10.0. The van der Waals surface area contributed by atoms with Crippen molar-refractivity contribution in [3.05, 3.63) is 0 Å². The van der Waals surface area contributed by atoms with E-state index in [4.69, 9.17) is 0 Å². The molecule has 1 aliphatic rings. The SMILES string of the molecule is CC(C)CCC(C)N1CCNCC1C. The molecule has 2 atom stereocenters. The monoisotopic (exact) mass is 198 g/mol. The maximum absolute atomic E-state index is 3.44. The Morgan fingerprint density at radius 3 is 2.57 bits per heavy atom. The maximum atomic E-state index is 3.44. The van der Waals surface area contributed by atoms with Crippen LogP contribution in [0.4, 0.5) is 0 Å². The fourth-order valence-corrected chi connectivity index (χ4v) is 2.25. The molecule has 0 radical (unpaired) electrons. The van der Waals surface area contributed by atoms with Gasteiger partial charge in [0.25, 0.3) is 0 Å². The highest BCUT2D eigenvalue weighted by atomic mass is 15.2. The van der Waals surface area contributed by atoms with Crippen LogP contribution in [0.3, 0.4) is 0 Å². The Bertz CT molecular complexity index is 156. The third-order valence-corrected chi connectivity index (χ3v) is 3.28. The lowest BCUT2D eigenvalue weighted by Gasteiger charge is -2.38. The van der Waals surface area contributed by atoms with Gasteiger partial charge in [-0.25, -0.2) is 0 Å². The molecule has 0 aromatic heterocycles. The van der Waals surface area contributed by atoms with Crippen molar-refractivity contribution >= 4 is 0 Å². The molecule has 1 saturated heterocycles. The van der Waals surface area contributed by atoms with E-state index in [0.717, 1.165) is 25.0 Å². The molecular formula is C12H26N2. The Hall–Kier alpha value is -0.0800. The average Bonchev–Trinajstić information content (AvgIpc) is 2.15. The van der Waals surface area contributed by atoms with Gasteiger partial charge in [-0.1, -0.05) is 13.8 Å². The zero-order valence-electron chi connectivity index (χ0n) is 10.2. The number of hydrogen-bond donors (Lipinski definition) is 1. The van der Waals surface area contributed by atoms with Crippen molar-refractivity contribution in [2.24, 2.45) is 5.92 Å². The lowest BCUT2D eigenvalue weighted by Crippen LogP contribution is -2.53. The molecule has 0 aromatic carbocycles. The number of nitrogens with zero attached hydrogens (tertiary/aromatic N) is 1. The summed E-state index contributed by atoms with van der Waals surface area (Å²) in [6.07, 6.45) is 2.71. The van der Waals surface area contributed by atoms with Crippen LogP contribution < -0.4 is 5.32 Å². The fourth-order valence-electron chi connectivity index (χ4n) is 2.25.